The molecule has 1 aromatic carbocycles. The van der Waals surface area contributed by atoms with Crippen molar-refractivity contribution in [3.63, 3.8) is 0 Å². The van der Waals surface area contributed by atoms with Gasteiger partial charge in [-0.3, -0.25) is 9.69 Å². The second kappa shape index (κ2) is 12.3. The molecule has 4 saturated carbocycles. The van der Waals surface area contributed by atoms with Crippen molar-refractivity contribution in [2.24, 2.45) is 45.8 Å². The number of carbonyl (C=O) groups excluding carboxylic acids is 1. The number of carbonyl (C=O) groups is 2. The molecule has 5 aliphatic carbocycles. The number of nitrogens with zero attached hydrogens (tertiary/aromatic N) is 2. The average Bonchev–Trinajstić information content (AvgIpc) is 3.49. The lowest BCUT2D eigenvalue weighted by Crippen LogP contribution is -2.64. The highest BCUT2D eigenvalue weighted by atomic mass is 16.4. The van der Waals surface area contributed by atoms with Gasteiger partial charge in [0.2, 0.25) is 5.91 Å². The third-order valence-electron chi connectivity index (χ3n) is 15.5. The molecule has 0 spiro atoms. The van der Waals surface area contributed by atoms with Crippen LogP contribution in [0, 0.1) is 45.8 Å². The maximum absolute atomic E-state index is 12.1. The van der Waals surface area contributed by atoms with Crippen LogP contribution in [0.4, 0.5) is 0 Å². The average molecular weight is 644 g/mol. The number of amides is 1. The Morgan fingerprint density at radius 1 is 0.851 bits per heavy atom. The number of allylic oxidation sites excluding steroid dienone is 2. The maximum atomic E-state index is 12.1. The maximum Gasteiger partial charge on any atom is 0.335 e. The molecule has 1 saturated heterocycles. The van der Waals surface area contributed by atoms with Gasteiger partial charge >= 0.3 is 5.97 Å². The zero-order chi connectivity index (χ0) is 33.2. The number of nitrogens with one attached hydrogen (secondary N) is 1. The zero-order valence-corrected chi connectivity index (χ0v) is 30.0. The fraction of sp³-hybridized carbons (Fsp3) is 0.756. The van der Waals surface area contributed by atoms with Crippen LogP contribution in [0.1, 0.15) is 121 Å². The fourth-order valence-corrected chi connectivity index (χ4v) is 13.3. The Morgan fingerprint density at radius 2 is 1.60 bits per heavy atom. The second-order valence-electron chi connectivity index (χ2n) is 17.6. The summed E-state index contributed by atoms with van der Waals surface area (Å²) in [5, 5.41) is 13.7. The van der Waals surface area contributed by atoms with E-state index in [4.69, 9.17) is 0 Å². The molecule has 1 aromatic rings. The van der Waals surface area contributed by atoms with E-state index in [1.54, 1.807) is 12.1 Å². The molecule has 1 heterocycles. The topological polar surface area (TPSA) is 72.9 Å². The van der Waals surface area contributed by atoms with Gasteiger partial charge in [-0.1, -0.05) is 59.2 Å². The molecule has 7 rings (SSSR count). The van der Waals surface area contributed by atoms with Crippen molar-refractivity contribution >= 4 is 17.4 Å². The number of fused-ring (bicyclic) bond motifs is 7. The first-order chi connectivity index (χ1) is 22.4. The highest BCUT2D eigenvalue weighted by molar-refractivity contribution is 5.88. The number of hydrogen-bond acceptors (Lipinski definition) is 4. The van der Waals surface area contributed by atoms with E-state index >= 15 is 0 Å². The smallest absolute Gasteiger partial charge is 0.335 e. The predicted molar refractivity (Wildman–Crippen MR) is 189 cm³/mol. The molecule has 6 aliphatic rings. The lowest BCUT2D eigenvalue weighted by Gasteiger charge is -2.68. The standard InChI is InChI=1S/C41H61N3O3/c1-6-36(45)44-26-24-43(25-27-44)23-22-42-41-18-7-8-33(41)30-13-14-35-39(4,32(30)16-21-41)20-17-34-38(2,3)31(15-19-40(34,35)5)28-9-11-29(12-10-28)37(46)47/h9-12,15,30,32-35,42H,6-8,13-14,16-27H2,1-5H3,(H,46,47)/t30-,32?,33?,34?,35?,39-,40-,41-/m0/s1. The number of carboxylic acids is 1. The zero-order valence-electron chi connectivity index (χ0n) is 30.0. The summed E-state index contributed by atoms with van der Waals surface area (Å²) in [7, 11) is 0. The predicted octanol–water partition coefficient (Wildman–Crippen LogP) is 7.74. The van der Waals surface area contributed by atoms with Crippen LogP contribution in [0.25, 0.3) is 5.57 Å². The Hall–Kier alpha value is -2.18. The van der Waals surface area contributed by atoms with Gasteiger partial charge in [-0.25, -0.2) is 4.79 Å². The summed E-state index contributed by atoms with van der Waals surface area (Å²) in [6, 6.07) is 7.63. The molecule has 0 radical (unpaired) electrons. The number of benzene rings is 1. The van der Waals surface area contributed by atoms with Crippen LogP contribution in [0.15, 0.2) is 30.3 Å². The summed E-state index contributed by atoms with van der Waals surface area (Å²) in [6.45, 7) is 18.3. The van der Waals surface area contributed by atoms with Gasteiger partial charge in [-0.2, -0.15) is 0 Å². The van der Waals surface area contributed by atoms with Crippen LogP contribution in [0.2, 0.25) is 0 Å². The molecule has 1 aliphatic heterocycles. The summed E-state index contributed by atoms with van der Waals surface area (Å²) in [4.78, 5) is 28.2. The first-order valence-corrected chi connectivity index (χ1v) is 19.2. The monoisotopic (exact) mass is 643 g/mol. The highest BCUT2D eigenvalue weighted by Crippen LogP contribution is 2.72. The molecule has 0 bridgehead atoms. The summed E-state index contributed by atoms with van der Waals surface area (Å²) in [5.74, 6) is 3.39. The van der Waals surface area contributed by atoms with E-state index in [2.05, 4.69) is 44.0 Å². The number of aromatic carboxylic acids is 1. The minimum absolute atomic E-state index is 0.0607. The van der Waals surface area contributed by atoms with Crippen molar-refractivity contribution in [3.8, 4) is 0 Å². The van der Waals surface area contributed by atoms with Gasteiger partial charge < -0.3 is 15.3 Å². The largest absolute Gasteiger partial charge is 0.478 e. The summed E-state index contributed by atoms with van der Waals surface area (Å²) in [6.07, 6.45) is 16.6. The van der Waals surface area contributed by atoms with E-state index in [0.29, 0.717) is 40.2 Å². The lowest BCUT2D eigenvalue weighted by molar-refractivity contribution is -0.172. The first-order valence-electron chi connectivity index (χ1n) is 19.2. The number of hydrogen-bond donors (Lipinski definition) is 2. The minimum Gasteiger partial charge on any atom is -0.478 e. The second-order valence-corrected chi connectivity index (χ2v) is 17.6. The van der Waals surface area contributed by atoms with Crippen molar-refractivity contribution in [2.45, 2.75) is 111 Å². The third kappa shape index (κ3) is 5.43. The SMILES string of the molecule is CCC(=O)N1CCN(CCN[C@]23CCCC2[C@H]2CCC4[C@@](C)(CCC5C(C)(C)C(c6ccc(C(=O)O)cc6)=CC[C@@]54C)C2CC3)CC1. The van der Waals surface area contributed by atoms with Gasteiger partial charge in [0.15, 0.2) is 0 Å². The molecule has 1 amide bonds. The third-order valence-corrected chi connectivity index (χ3v) is 15.5. The van der Waals surface area contributed by atoms with Crippen molar-refractivity contribution in [2.75, 3.05) is 39.3 Å². The van der Waals surface area contributed by atoms with Gasteiger partial charge in [0, 0.05) is 51.2 Å². The molecule has 6 nitrogen and oxygen atoms in total. The van der Waals surface area contributed by atoms with Crippen LogP contribution >= 0.6 is 0 Å². The van der Waals surface area contributed by atoms with Gasteiger partial charge in [0.25, 0.3) is 0 Å². The molecule has 6 heteroatoms. The molecule has 5 fully saturated rings. The van der Waals surface area contributed by atoms with Crippen LogP contribution in [-0.4, -0.2) is 71.6 Å². The minimum atomic E-state index is -0.854. The molecule has 47 heavy (non-hydrogen) atoms. The number of piperazine rings is 1. The number of rotatable bonds is 7. The van der Waals surface area contributed by atoms with Crippen LogP contribution in [-0.2, 0) is 4.79 Å². The molecular weight excluding hydrogens is 582 g/mol. The lowest BCUT2D eigenvalue weighted by atomic mass is 9.37. The molecular formula is C41H61N3O3. The molecule has 258 valence electrons. The molecule has 0 aromatic heterocycles. The van der Waals surface area contributed by atoms with Gasteiger partial charge in [-0.05, 0) is 127 Å². The van der Waals surface area contributed by atoms with Crippen molar-refractivity contribution in [3.05, 3.63) is 41.5 Å². The summed E-state index contributed by atoms with van der Waals surface area (Å²) in [5.41, 5.74) is 4.11. The normalized spacial score (nSPS) is 39.6. The van der Waals surface area contributed by atoms with Gasteiger partial charge in [0.05, 0.1) is 5.56 Å². The van der Waals surface area contributed by atoms with Crippen molar-refractivity contribution in [1.29, 1.82) is 0 Å². The molecule has 2 N–H and O–H groups in total. The van der Waals surface area contributed by atoms with Crippen molar-refractivity contribution < 1.29 is 14.7 Å². The van der Waals surface area contributed by atoms with Gasteiger partial charge in [-0.15, -0.1) is 0 Å². The number of carboxylic acid groups (broad SMARTS) is 1. The van der Waals surface area contributed by atoms with Gasteiger partial charge in [0.1, 0.15) is 0 Å². The Morgan fingerprint density at radius 3 is 2.30 bits per heavy atom. The Labute approximate surface area is 284 Å². The van der Waals surface area contributed by atoms with E-state index in [-0.39, 0.29) is 5.41 Å². The Balaban J connectivity index is 1.04. The van der Waals surface area contributed by atoms with E-state index in [9.17, 15) is 14.7 Å². The summed E-state index contributed by atoms with van der Waals surface area (Å²) >= 11 is 0. The highest BCUT2D eigenvalue weighted by Gasteiger charge is 2.65. The quantitative estimate of drug-likeness (QED) is 0.318. The van der Waals surface area contributed by atoms with E-state index in [0.717, 1.165) is 69.4 Å². The fourth-order valence-electron chi connectivity index (χ4n) is 13.3. The van der Waals surface area contributed by atoms with Crippen molar-refractivity contribution in [1.82, 2.24) is 15.1 Å². The molecule has 4 unspecified atom stereocenters. The Bertz CT molecular complexity index is 1380. The van der Waals surface area contributed by atoms with E-state index in [1.807, 2.05) is 24.0 Å². The van der Waals surface area contributed by atoms with Crippen LogP contribution < -0.4 is 5.32 Å². The van der Waals surface area contributed by atoms with E-state index in [1.165, 1.54) is 68.9 Å². The first kappa shape index (κ1) is 33.3. The summed E-state index contributed by atoms with van der Waals surface area (Å²) < 4.78 is 0. The Kier molecular flexibility index (Phi) is 8.72. The molecule has 8 atom stereocenters. The van der Waals surface area contributed by atoms with Crippen LogP contribution in [0.3, 0.4) is 0 Å². The van der Waals surface area contributed by atoms with E-state index < -0.39 is 5.97 Å². The van der Waals surface area contributed by atoms with Crippen LogP contribution in [0.5, 0.6) is 0 Å².